The van der Waals surface area contributed by atoms with Crippen molar-refractivity contribution >= 4 is 38.9 Å². The summed E-state index contributed by atoms with van der Waals surface area (Å²) < 4.78 is 27.8. The van der Waals surface area contributed by atoms with E-state index in [0.717, 1.165) is 15.4 Å². The van der Waals surface area contributed by atoms with E-state index in [9.17, 15) is 13.2 Å². The summed E-state index contributed by atoms with van der Waals surface area (Å²) >= 11 is 5.91. The highest BCUT2D eigenvalue weighted by atomic mass is 35.5. The molecule has 0 aliphatic carbocycles. The van der Waals surface area contributed by atoms with Crippen molar-refractivity contribution in [3.05, 3.63) is 88.9 Å². The van der Waals surface area contributed by atoms with Gasteiger partial charge in [-0.1, -0.05) is 55.3 Å². The summed E-state index contributed by atoms with van der Waals surface area (Å²) in [5.41, 5.74) is 3.17. The van der Waals surface area contributed by atoms with Crippen LogP contribution in [0.15, 0.2) is 77.7 Å². The fourth-order valence-electron chi connectivity index (χ4n) is 3.04. The van der Waals surface area contributed by atoms with E-state index in [-0.39, 0.29) is 11.4 Å². The molecule has 0 radical (unpaired) electrons. The zero-order valence-electron chi connectivity index (χ0n) is 17.7. The number of amides is 1. The largest absolute Gasteiger partial charge is 0.325 e. The van der Waals surface area contributed by atoms with E-state index in [1.54, 1.807) is 12.1 Å². The number of sulfonamides is 1. The molecule has 0 saturated heterocycles. The van der Waals surface area contributed by atoms with Crippen LogP contribution in [-0.2, 0) is 14.8 Å². The monoisotopic (exact) mass is 456 g/mol. The molecule has 1 amide bonds. The first-order chi connectivity index (χ1) is 14.7. The molecule has 162 valence electrons. The van der Waals surface area contributed by atoms with Crippen LogP contribution in [0.5, 0.6) is 0 Å². The molecule has 3 aromatic carbocycles. The van der Waals surface area contributed by atoms with Crippen LogP contribution in [0.2, 0.25) is 5.02 Å². The van der Waals surface area contributed by atoms with Gasteiger partial charge < -0.3 is 5.32 Å². The Bertz CT molecular complexity index is 1140. The molecular weight excluding hydrogens is 432 g/mol. The first-order valence-electron chi connectivity index (χ1n) is 9.91. The van der Waals surface area contributed by atoms with E-state index in [2.05, 4.69) is 19.2 Å². The maximum absolute atomic E-state index is 13.3. The maximum atomic E-state index is 13.3. The smallest absolute Gasteiger partial charge is 0.264 e. The van der Waals surface area contributed by atoms with Gasteiger partial charge in [0.25, 0.3) is 10.0 Å². The predicted octanol–water partition coefficient (Wildman–Crippen LogP) is 5.61. The molecule has 0 heterocycles. The summed E-state index contributed by atoms with van der Waals surface area (Å²) in [6, 6.07) is 20.4. The number of carbonyl (C=O) groups excluding carboxylic acids is 1. The van der Waals surface area contributed by atoms with Gasteiger partial charge >= 0.3 is 0 Å². The molecule has 3 rings (SSSR count). The fourth-order valence-corrected chi connectivity index (χ4v) is 4.59. The minimum atomic E-state index is -3.98. The van der Waals surface area contributed by atoms with Gasteiger partial charge in [-0.05, 0) is 66.9 Å². The number of rotatable bonds is 7. The molecule has 0 bridgehead atoms. The van der Waals surface area contributed by atoms with Gasteiger partial charge in [0.05, 0.1) is 10.6 Å². The van der Waals surface area contributed by atoms with E-state index in [1.807, 2.05) is 43.3 Å². The van der Waals surface area contributed by atoms with Gasteiger partial charge in [-0.2, -0.15) is 0 Å². The second kappa shape index (κ2) is 9.54. The third kappa shape index (κ3) is 5.66. The number of nitrogens with zero attached hydrogens (tertiary/aromatic N) is 1. The van der Waals surface area contributed by atoms with E-state index in [1.165, 1.54) is 24.3 Å². The van der Waals surface area contributed by atoms with Crippen molar-refractivity contribution in [2.45, 2.75) is 31.6 Å². The Kier molecular flexibility index (Phi) is 7.03. The maximum Gasteiger partial charge on any atom is 0.264 e. The average Bonchev–Trinajstić information content (AvgIpc) is 2.73. The standard InChI is InChI=1S/C24H25ClN2O3S/c1-17(2)19-6-10-21(11-7-19)26-24(28)16-27(22-12-4-18(3)5-13-22)31(29,30)23-14-8-20(25)9-15-23/h4-15,17H,16H2,1-3H3,(H,26,28). The van der Waals surface area contributed by atoms with Crippen molar-refractivity contribution < 1.29 is 13.2 Å². The molecule has 3 aromatic rings. The minimum absolute atomic E-state index is 0.0616. The van der Waals surface area contributed by atoms with Gasteiger partial charge in [-0.15, -0.1) is 0 Å². The fraction of sp³-hybridized carbons (Fsp3) is 0.208. The number of anilines is 2. The highest BCUT2D eigenvalue weighted by Gasteiger charge is 2.27. The van der Waals surface area contributed by atoms with E-state index < -0.39 is 15.9 Å². The Hall–Kier alpha value is -2.83. The molecule has 0 aliphatic heterocycles. The molecule has 1 N–H and O–H groups in total. The highest BCUT2D eigenvalue weighted by molar-refractivity contribution is 7.92. The van der Waals surface area contributed by atoms with Crippen LogP contribution in [0.3, 0.4) is 0 Å². The molecular formula is C24H25ClN2O3S. The third-order valence-electron chi connectivity index (χ3n) is 4.87. The van der Waals surface area contributed by atoms with Gasteiger partial charge in [-0.25, -0.2) is 8.42 Å². The lowest BCUT2D eigenvalue weighted by molar-refractivity contribution is -0.114. The van der Waals surface area contributed by atoms with Crippen molar-refractivity contribution in [3.63, 3.8) is 0 Å². The topological polar surface area (TPSA) is 66.5 Å². The molecule has 0 atom stereocenters. The number of hydrogen-bond acceptors (Lipinski definition) is 3. The average molecular weight is 457 g/mol. The van der Waals surface area contributed by atoms with Crippen molar-refractivity contribution in [2.75, 3.05) is 16.2 Å². The lowest BCUT2D eigenvalue weighted by Crippen LogP contribution is -2.38. The highest BCUT2D eigenvalue weighted by Crippen LogP contribution is 2.25. The van der Waals surface area contributed by atoms with Gasteiger partial charge in [0.2, 0.25) is 5.91 Å². The third-order valence-corrected chi connectivity index (χ3v) is 6.91. The predicted molar refractivity (Wildman–Crippen MR) is 126 cm³/mol. The number of halogens is 1. The number of hydrogen-bond donors (Lipinski definition) is 1. The summed E-state index contributed by atoms with van der Waals surface area (Å²) in [4.78, 5) is 12.8. The molecule has 5 nitrogen and oxygen atoms in total. The minimum Gasteiger partial charge on any atom is -0.325 e. The summed E-state index contributed by atoms with van der Waals surface area (Å²) in [6.07, 6.45) is 0. The van der Waals surface area contributed by atoms with E-state index >= 15 is 0 Å². The van der Waals surface area contributed by atoms with E-state index in [0.29, 0.717) is 22.3 Å². The van der Waals surface area contributed by atoms with Crippen molar-refractivity contribution in [2.24, 2.45) is 0 Å². The van der Waals surface area contributed by atoms with Gasteiger partial charge in [0, 0.05) is 10.7 Å². The number of carbonyl (C=O) groups is 1. The Morgan fingerprint density at radius 2 is 1.52 bits per heavy atom. The molecule has 0 spiro atoms. The number of aryl methyl sites for hydroxylation is 1. The second-order valence-corrected chi connectivity index (χ2v) is 9.92. The molecule has 0 aromatic heterocycles. The second-order valence-electron chi connectivity index (χ2n) is 7.63. The molecule has 0 saturated carbocycles. The van der Waals surface area contributed by atoms with Crippen LogP contribution in [0, 0.1) is 6.92 Å². The lowest BCUT2D eigenvalue weighted by Gasteiger charge is -2.24. The molecule has 0 unspecified atom stereocenters. The summed E-state index contributed by atoms with van der Waals surface area (Å²) in [7, 11) is -3.98. The quantitative estimate of drug-likeness (QED) is 0.502. The van der Waals surface area contributed by atoms with Crippen LogP contribution < -0.4 is 9.62 Å². The van der Waals surface area contributed by atoms with Crippen LogP contribution in [0.4, 0.5) is 11.4 Å². The molecule has 0 aliphatic rings. The number of benzene rings is 3. The first-order valence-corrected chi connectivity index (χ1v) is 11.7. The zero-order valence-corrected chi connectivity index (χ0v) is 19.2. The van der Waals surface area contributed by atoms with Crippen LogP contribution in [-0.4, -0.2) is 20.9 Å². The van der Waals surface area contributed by atoms with Gasteiger partial charge in [0.15, 0.2) is 0 Å². The van der Waals surface area contributed by atoms with E-state index in [4.69, 9.17) is 11.6 Å². The summed E-state index contributed by atoms with van der Waals surface area (Å²) in [6.45, 7) is 5.73. The SMILES string of the molecule is Cc1ccc(N(CC(=O)Nc2ccc(C(C)C)cc2)S(=O)(=O)c2ccc(Cl)cc2)cc1. The Morgan fingerprint density at radius 3 is 2.06 bits per heavy atom. The number of nitrogens with one attached hydrogen (secondary N) is 1. The van der Waals surface area contributed by atoms with Crippen molar-refractivity contribution in [1.29, 1.82) is 0 Å². The van der Waals surface area contributed by atoms with Crippen molar-refractivity contribution in [3.8, 4) is 0 Å². The zero-order chi connectivity index (χ0) is 22.6. The Labute approximate surface area is 188 Å². The summed E-state index contributed by atoms with van der Waals surface area (Å²) in [5.74, 6) is -0.0540. The van der Waals surface area contributed by atoms with Crippen LogP contribution in [0.25, 0.3) is 0 Å². The van der Waals surface area contributed by atoms with Crippen molar-refractivity contribution in [1.82, 2.24) is 0 Å². The lowest BCUT2D eigenvalue weighted by atomic mass is 10.0. The molecule has 0 fully saturated rings. The Balaban J connectivity index is 1.88. The molecule has 7 heteroatoms. The Morgan fingerprint density at radius 1 is 0.935 bits per heavy atom. The normalized spacial score (nSPS) is 11.4. The van der Waals surface area contributed by atoms with Crippen LogP contribution in [0.1, 0.15) is 30.9 Å². The van der Waals surface area contributed by atoms with Gasteiger partial charge in [-0.3, -0.25) is 9.10 Å². The first kappa shape index (κ1) is 22.8. The summed E-state index contributed by atoms with van der Waals surface area (Å²) in [5, 5.41) is 3.22. The van der Waals surface area contributed by atoms with Crippen LogP contribution >= 0.6 is 11.6 Å². The molecule has 31 heavy (non-hydrogen) atoms. The van der Waals surface area contributed by atoms with Gasteiger partial charge in [0.1, 0.15) is 6.54 Å².